The molecule has 2 bridgehead atoms. The van der Waals surface area contributed by atoms with Gasteiger partial charge in [-0.25, -0.2) is 13.2 Å². The zero-order chi connectivity index (χ0) is 31.6. The number of carbonyl (C=O) groups excluding carboxylic acids is 1. The van der Waals surface area contributed by atoms with Gasteiger partial charge < -0.3 is 19.7 Å². The van der Waals surface area contributed by atoms with Crippen molar-refractivity contribution in [3.8, 4) is 5.75 Å². The Kier molecular flexibility index (Phi) is 9.34. The molecule has 0 unspecified atom stereocenters. The average Bonchev–Trinajstić information content (AvgIpc) is 3.03. The third-order valence-electron chi connectivity index (χ3n) is 9.72. The van der Waals surface area contributed by atoms with Crippen molar-refractivity contribution in [1.29, 1.82) is 0 Å². The summed E-state index contributed by atoms with van der Waals surface area (Å²) in [6, 6.07) is 19.3. The fraction of sp³-hybridized carbons (Fsp3) is 0.457. The molecule has 240 valence electrons. The van der Waals surface area contributed by atoms with Crippen molar-refractivity contribution in [2.45, 2.75) is 76.4 Å². The first-order chi connectivity index (χ1) is 21.7. The van der Waals surface area contributed by atoms with E-state index in [-0.39, 0.29) is 24.2 Å². The van der Waals surface area contributed by atoms with Gasteiger partial charge in [0.15, 0.2) is 0 Å². The van der Waals surface area contributed by atoms with Crippen LogP contribution in [-0.2, 0) is 33.2 Å². The lowest BCUT2D eigenvalue weighted by molar-refractivity contribution is -0.0138. The average molecular weight is 697 g/mol. The Hall–Kier alpha value is -3.24. The molecular weight excluding hydrogens is 654 g/mol. The first-order valence-corrected chi connectivity index (χ1v) is 18.7. The number of sulfonamides is 1. The normalized spacial score (nSPS) is 22.2. The van der Waals surface area contributed by atoms with Gasteiger partial charge in [0, 0.05) is 22.5 Å². The van der Waals surface area contributed by atoms with Crippen LogP contribution in [0.2, 0.25) is 0 Å². The molecule has 6 rings (SSSR count). The lowest BCUT2D eigenvalue weighted by Gasteiger charge is -2.58. The Balaban J connectivity index is 1.38. The molecule has 0 aromatic heterocycles. The number of amides is 1. The highest BCUT2D eigenvalue weighted by molar-refractivity contribution is 9.10. The summed E-state index contributed by atoms with van der Waals surface area (Å²) in [6.07, 6.45) is 8.92. The van der Waals surface area contributed by atoms with Gasteiger partial charge in [-0.05, 0) is 88.8 Å². The Morgan fingerprint density at radius 2 is 1.82 bits per heavy atom. The van der Waals surface area contributed by atoms with E-state index in [4.69, 9.17) is 9.47 Å². The molecule has 1 saturated carbocycles. The second-order valence-electron chi connectivity index (χ2n) is 12.6. The van der Waals surface area contributed by atoms with Gasteiger partial charge in [0.2, 0.25) is 10.0 Å². The molecule has 8 nitrogen and oxygen atoms in total. The van der Waals surface area contributed by atoms with Gasteiger partial charge >= 0.3 is 6.09 Å². The van der Waals surface area contributed by atoms with Crippen LogP contribution in [0.15, 0.2) is 65.1 Å². The highest BCUT2D eigenvalue weighted by Crippen LogP contribution is 2.59. The minimum Gasteiger partial charge on any atom is -0.491 e. The number of hydrogen-bond donors (Lipinski definition) is 2. The van der Waals surface area contributed by atoms with Crippen molar-refractivity contribution in [2.75, 3.05) is 29.4 Å². The van der Waals surface area contributed by atoms with Crippen molar-refractivity contribution < 1.29 is 22.7 Å². The van der Waals surface area contributed by atoms with E-state index >= 15 is 0 Å². The topological polar surface area (TPSA) is 97.0 Å². The number of nitrogens with one attached hydrogen (secondary N) is 2. The molecule has 1 aliphatic heterocycles. The zero-order valence-corrected chi connectivity index (χ0v) is 28.4. The molecule has 1 amide bonds. The van der Waals surface area contributed by atoms with E-state index in [9.17, 15) is 13.2 Å². The summed E-state index contributed by atoms with van der Waals surface area (Å²) >= 11 is 3.99. The number of anilines is 3. The van der Waals surface area contributed by atoms with Crippen molar-refractivity contribution in [3.63, 3.8) is 0 Å². The van der Waals surface area contributed by atoms with Gasteiger partial charge in [-0.15, -0.1) is 0 Å². The molecule has 2 aliphatic carbocycles. The van der Waals surface area contributed by atoms with Crippen LogP contribution in [0.3, 0.4) is 0 Å². The second kappa shape index (κ2) is 13.2. The fourth-order valence-corrected chi connectivity index (χ4v) is 8.93. The Labute approximate surface area is 275 Å². The van der Waals surface area contributed by atoms with Gasteiger partial charge in [0.05, 0.1) is 29.9 Å². The Bertz CT molecular complexity index is 1650. The van der Waals surface area contributed by atoms with E-state index in [0.29, 0.717) is 36.9 Å². The summed E-state index contributed by atoms with van der Waals surface area (Å²) < 4.78 is 40.2. The van der Waals surface area contributed by atoms with Crippen molar-refractivity contribution >= 4 is 49.1 Å². The number of piperidine rings is 1. The third kappa shape index (κ3) is 6.54. The van der Waals surface area contributed by atoms with E-state index in [1.54, 1.807) is 12.1 Å². The molecule has 3 aromatic carbocycles. The summed E-state index contributed by atoms with van der Waals surface area (Å²) in [6.45, 7) is 3.65. The van der Waals surface area contributed by atoms with Crippen LogP contribution in [0.25, 0.3) is 0 Å². The lowest BCUT2D eigenvalue weighted by atomic mass is 9.52. The van der Waals surface area contributed by atoms with Crippen LogP contribution in [-0.4, -0.2) is 44.9 Å². The number of fused-ring (bicyclic) bond motifs is 1. The number of para-hydroxylation sites is 2. The van der Waals surface area contributed by atoms with Gasteiger partial charge in [0.25, 0.3) is 0 Å². The van der Waals surface area contributed by atoms with Gasteiger partial charge in [0.1, 0.15) is 12.4 Å². The van der Waals surface area contributed by atoms with Gasteiger partial charge in [-0.2, -0.15) is 0 Å². The van der Waals surface area contributed by atoms with Gasteiger partial charge in [-0.1, -0.05) is 68.7 Å². The molecule has 0 radical (unpaired) electrons. The van der Waals surface area contributed by atoms with Crippen LogP contribution >= 0.6 is 15.9 Å². The van der Waals surface area contributed by atoms with E-state index in [0.717, 1.165) is 72.7 Å². The van der Waals surface area contributed by atoms with Crippen molar-refractivity contribution in [3.05, 3.63) is 81.8 Å². The van der Waals surface area contributed by atoms with Crippen LogP contribution in [0.1, 0.15) is 68.6 Å². The number of unbranched alkanes of at least 4 members (excludes halogenated alkanes) is 1. The fourth-order valence-electron chi connectivity index (χ4n) is 7.68. The number of benzene rings is 3. The predicted octanol–water partition coefficient (Wildman–Crippen LogP) is 8.14. The van der Waals surface area contributed by atoms with Crippen molar-refractivity contribution in [2.24, 2.45) is 5.92 Å². The largest absolute Gasteiger partial charge is 0.491 e. The van der Waals surface area contributed by atoms with E-state index in [2.05, 4.69) is 39.0 Å². The molecule has 0 spiro atoms. The molecule has 2 N–H and O–H groups in total. The smallest absolute Gasteiger partial charge is 0.410 e. The first-order valence-electron chi connectivity index (χ1n) is 16.0. The second-order valence-corrected chi connectivity index (χ2v) is 15.1. The maximum Gasteiger partial charge on any atom is 0.410 e. The minimum absolute atomic E-state index is 0.0324. The number of hydrogen-bond acceptors (Lipinski definition) is 6. The van der Waals surface area contributed by atoms with Crippen LogP contribution < -0.4 is 14.8 Å². The van der Waals surface area contributed by atoms with Crippen LogP contribution in [0.4, 0.5) is 21.9 Å². The molecule has 2 fully saturated rings. The molecule has 10 heteroatoms. The molecule has 1 heterocycles. The van der Waals surface area contributed by atoms with E-state index in [1.165, 1.54) is 11.1 Å². The number of halogens is 1. The maximum atomic E-state index is 13.6. The number of rotatable bonds is 10. The summed E-state index contributed by atoms with van der Waals surface area (Å²) in [4.78, 5) is 15.6. The molecule has 3 aliphatic rings. The van der Waals surface area contributed by atoms with Crippen LogP contribution in [0.5, 0.6) is 5.75 Å². The molecule has 3 atom stereocenters. The van der Waals surface area contributed by atoms with E-state index in [1.807, 2.05) is 47.4 Å². The minimum atomic E-state index is -3.49. The highest BCUT2D eigenvalue weighted by atomic mass is 79.9. The third-order valence-corrected chi connectivity index (χ3v) is 11.2. The molecule has 45 heavy (non-hydrogen) atoms. The van der Waals surface area contributed by atoms with E-state index < -0.39 is 10.0 Å². The first kappa shape index (κ1) is 31.7. The summed E-state index contributed by atoms with van der Waals surface area (Å²) in [5.41, 5.74) is 5.29. The SMILES string of the molecule is CCCCOc1cc2c(c(Br)c1Nc1ccccc1NS(C)(=O)=O)C[C@H]1[C@H]3CCCC[C@@]23CCN1C(=O)OCc1ccccc1. The highest BCUT2D eigenvalue weighted by Gasteiger charge is 2.56. The Morgan fingerprint density at radius 1 is 1.07 bits per heavy atom. The van der Waals surface area contributed by atoms with Crippen LogP contribution in [0, 0.1) is 5.92 Å². The summed E-state index contributed by atoms with van der Waals surface area (Å²) in [5.74, 6) is 1.11. The molecule has 3 aromatic rings. The quantitative estimate of drug-likeness (QED) is 0.208. The Morgan fingerprint density at radius 3 is 2.58 bits per heavy atom. The number of likely N-dealkylation sites (tertiary alicyclic amines) is 1. The zero-order valence-electron chi connectivity index (χ0n) is 26.0. The standard InChI is InChI=1S/C35H42BrN3O5S/c1-3-4-20-43-31-22-27-25(32(36)33(31)37-28-15-8-9-16-29(28)38-45(2,41)42)21-30-26-14-10-11-17-35(26,27)18-19-39(30)34(40)44-23-24-12-6-5-7-13-24/h5-9,12-13,15-16,22,26,30,37-38H,3-4,10-11,14,17-21,23H2,1-2H3/t26-,30+,35+/m1/s1. The predicted molar refractivity (Wildman–Crippen MR) is 182 cm³/mol. The molecular formula is C35H42BrN3O5S. The molecule has 1 saturated heterocycles. The number of ether oxygens (including phenoxy) is 2. The number of carbonyl (C=O) groups is 1. The monoisotopic (exact) mass is 695 g/mol. The lowest BCUT2D eigenvalue weighted by Crippen LogP contribution is -2.62. The van der Waals surface area contributed by atoms with Gasteiger partial charge in [-0.3, -0.25) is 4.72 Å². The maximum absolute atomic E-state index is 13.6. The summed E-state index contributed by atoms with van der Waals surface area (Å²) in [5, 5.41) is 3.51. The number of nitrogens with zero attached hydrogens (tertiary/aromatic N) is 1. The summed E-state index contributed by atoms with van der Waals surface area (Å²) in [7, 11) is -3.49. The van der Waals surface area contributed by atoms with Crippen molar-refractivity contribution in [1.82, 2.24) is 4.90 Å².